The fourth-order valence-electron chi connectivity index (χ4n) is 1.94. The summed E-state index contributed by atoms with van der Waals surface area (Å²) in [5.41, 5.74) is 9.53. The maximum atomic E-state index is 11.3. The topological polar surface area (TPSA) is 150 Å². The first-order chi connectivity index (χ1) is 10.3. The van der Waals surface area contributed by atoms with E-state index >= 15 is 0 Å². The van der Waals surface area contributed by atoms with Crippen LogP contribution in [0.5, 0.6) is 0 Å². The number of nitrogens with two attached hydrogens (primary N) is 1. The second-order valence-electron chi connectivity index (χ2n) is 4.69. The molecule has 0 radical (unpaired) electrons. The smallest absolute Gasteiger partial charge is 0.394 e. The fraction of sp³-hybridized carbons (Fsp3) is 0.500. The predicted octanol–water partition coefficient (Wildman–Crippen LogP) is 0.777. The van der Waals surface area contributed by atoms with Crippen molar-refractivity contribution >= 4 is 31.8 Å². The fourth-order valence-corrected chi connectivity index (χ4v) is 2.57. The van der Waals surface area contributed by atoms with Crippen LogP contribution in [-0.4, -0.2) is 38.7 Å². The van der Waals surface area contributed by atoms with Crippen molar-refractivity contribution in [1.82, 2.24) is 4.83 Å². The summed E-state index contributed by atoms with van der Waals surface area (Å²) in [6, 6.07) is 3.65. The molecule has 0 saturated heterocycles. The molecule has 23 heavy (non-hydrogen) atoms. The zero-order valence-corrected chi connectivity index (χ0v) is 15.1. The highest BCUT2D eigenvalue weighted by Gasteiger charge is 2.15. The third-order valence-corrected chi connectivity index (χ3v) is 3.40. The van der Waals surface area contributed by atoms with Crippen LogP contribution in [0.1, 0.15) is 25.0 Å². The van der Waals surface area contributed by atoms with Crippen LogP contribution in [0.3, 0.4) is 0 Å². The molecule has 0 heterocycles. The van der Waals surface area contributed by atoms with Crippen molar-refractivity contribution < 1.29 is 25.9 Å². The molecule has 0 atom stereocenters. The lowest BCUT2D eigenvalue weighted by atomic mass is 10.0. The van der Waals surface area contributed by atoms with Gasteiger partial charge in [0.1, 0.15) is 0 Å². The molecule has 0 spiro atoms. The lowest BCUT2D eigenvalue weighted by Gasteiger charge is -2.26. The third kappa shape index (κ3) is 8.71. The van der Waals surface area contributed by atoms with Crippen LogP contribution in [0.2, 0.25) is 0 Å². The first-order valence-electron chi connectivity index (χ1n) is 6.62. The zero-order valence-electron chi connectivity index (χ0n) is 13.4. The number of hydrogen-bond acceptors (Lipinski definition) is 6. The molecule has 0 bridgehead atoms. The molecule has 11 heteroatoms. The van der Waals surface area contributed by atoms with Crippen molar-refractivity contribution in [2.45, 2.75) is 27.2 Å². The van der Waals surface area contributed by atoms with E-state index in [1.807, 2.05) is 26.8 Å². The number of nitrogen functional groups attached to an aromatic ring is 1. The normalized spacial score (nSPS) is 11.6. The van der Waals surface area contributed by atoms with Crippen molar-refractivity contribution in [3.8, 4) is 0 Å². The number of hydrazine groups is 1. The number of anilines is 2. The molecule has 0 aliphatic rings. The Labute approximate surface area is 137 Å². The van der Waals surface area contributed by atoms with Gasteiger partial charge >= 0.3 is 10.4 Å². The monoisotopic (exact) mass is 369 g/mol. The second kappa shape index (κ2) is 8.45. The summed E-state index contributed by atoms with van der Waals surface area (Å²) in [6.45, 7) is 6.41. The van der Waals surface area contributed by atoms with Gasteiger partial charge < -0.3 is 5.73 Å². The average molecular weight is 369 g/mol. The Hall–Kier alpha value is -1.40. The van der Waals surface area contributed by atoms with Gasteiger partial charge in [-0.25, -0.2) is 8.42 Å². The van der Waals surface area contributed by atoms with E-state index < -0.39 is 20.4 Å². The van der Waals surface area contributed by atoms with Crippen LogP contribution in [0.4, 0.5) is 11.4 Å². The van der Waals surface area contributed by atoms with Crippen LogP contribution in [0.25, 0.3) is 0 Å². The van der Waals surface area contributed by atoms with Crippen molar-refractivity contribution in [3.05, 3.63) is 23.3 Å². The van der Waals surface area contributed by atoms with E-state index in [-0.39, 0.29) is 0 Å². The van der Waals surface area contributed by atoms with E-state index in [2.05, 4.69) is 4.83 Å². The Balaban J connectivity index is 0.000000841. The van der Waals surface area contributed by atoms with Gasteiger partial charge in [-0.2, -0.15) is 8.42 Å². The molecule has 9 nitrogen and oxygen atoms in total. The van der Waals surface area contributed by atoms with Crippen LogP contribution in [0, 0.1) is 6.92 Å². The number of hydrogen-bond donors (Lipinski definition) is 4. The predicted molar refractivity (Wildman–Crippen MR) is 90.1 cm³/mol. The summed E-state index contributed by atoms with van der Waals surface area (Å²) in [5, 5.41) is 1.63. The molecule has 0 aliphatic heterocycles. The largest absolute Gasteiger partial charge is 0.399 e. The molecule has 5 N–H and O–H groups in total. The van der Waals surface area contributed by atoms with Crippen molar-refractivity contribution in [2.75, 3.05) is 23.5 Å². The number of rotatable bonds is 5. The van der Waals surface area contributed by atoms with E-state index in [1.165, 1.54) is 0 Å². The van der Waals surface area contributed by atoms with Crippen LogP contribution < -0.4 is 15.6 Å². The Morgan fingerprint density at radius 1 is 1.17 bits per heavy atom. The van der Waals surface area contributed by atoms with Crippen molar-refractivity contribution in [2.24, 2.45) is 0 Å². The highest BCUT2D eigenvalue weighted by Crippen LogP contribution is 2.27. The van der Waals surface area contributed by atoms with Gasteiger partial charge in [-0.15, -0.1) is 4.83 Å². The first-order valence-corrected chi connectivity index (χ1v) is 9.91. The van der Waals surface area contributed by atoms with Gasteiger partial charge in [0.2, 0.25) is 10.0 Å². The molecule has 1 aromatic carbocycles. The summed E-state index contributed by atoms with van der Waals surface area (Å²) in [5.74, 6) is 0. The van der Waals surface area contributed by atoms with Crippen molar-refractivity contribution in [1.29, 1.82) is 0 Å². The Morgan fingerprint density at radius 3 is 2.00 bits per heavy atom. The maximum absolute atomic E-state index is 11.3. The average Bonchev–Trinajstić information content (AvgIpc) is 2.36. The summed E-state index contributed by atoms with van der Waals surface area (Å²) in [7, 11) is -7.95. The lowest BCUT2D eigenvalue weighted by Crippen LogP contribution is -2.42. The molecule has 134 valence electrons. The maximum Gasteiger partial charge on any atom is 0.394 e. The molecule has 0 fully saturated rings. The molecule has 0 aromatic heterocycles. The third-order valence-electron chi connectivity index (χ3n) is 2.85. The van der Waals surface area contributed by atoms with E-state index in [9.17, 15) is 8.42 Å². The van der Waals surface area contributed by atoms with Crippen molar-refractivity contribution in [3.63, 3.8) is 0 Å². The van der Waals surface area contributed by atoms with Gasteiger partial charge in [0.05, 0.1) is 11.9 Å². The second-order valence-corrected chi connectivity index (χ2v) is 7.31. The molecule has 1 aromatic rings. The van der Waals surface area contributed by atoms with Gasteiger partial charge in [-0.3, -0.25) is 14.1 Å². The molecule has 0 saturated carbocycles. The first kappa shape index (κ1) is 21.6. The molecule has 1 rings (SSSR count). The van der Waals surface area contributed by atoms with E-state index in [0.29, 0.717) is 6.54 Å². The summed E-state index contributed by atoms with van der Waals surface area (Å²) >= 11 is 0. The van der Waals surface area contributed by atoms with Gasteiger partial charge in [0.15, 0.2) is 0 Å². The number of sulfonamides is 1. The van der Waals surface area contributed by atoms with Crippen LogP contribution in [-0.2, 0) is 26.8 Å². The summed E-state index contributed by atoms with van der Waals surface area (Å²) < 4.78 is 54.3. The lowest BCUT2D eigenvalue weighted by molar-refractivity contribution is 0.381. The number of nitrogens with one attached hydrogen (secondary N) is 1. The van der Waals surface area contributed by atoms with E-state index in [4.69, 9.17) is 23.3 Å². The van der Waals surface area contributed by atoms with E-state index in [0.717, 1.165) is 35.2 Å². The highest BCUT2D eigenvalue weighted by atomic mass is 32.3. The minimum Gasteiger partial charge on any atom is -0.399 e. The Morgan fingerprint density at radius 2 is 1.65 bits per heavy atom. The van der Waals surface area contributed by atoms with Gasteiger partial charge in [0.25, 0.3) is 0 Å². The Kier molecular flexibility index (Phi) is 7.94. The van der Waals surface area contributed by atoms with Gasteiger partial charge in [-0.1, -0.05) is 6.92 Å². The highest BCUT2D eigenvalue weighted by molar-refractivity contribution is 7.88. The minimum absolute atomic E-state index is 0.545. The molecule has 0 aliphatic carbocycles. The van der Waals surface area contributed by atoms with Gasteiger partial charge in [0, 0.05) is 12.2 Å². The summed E-state index contributed by atoms with van der Waals surface area (Å²) in [6.07, 6.45) is 1.94. The minimum atomic E-state index is -4.67. The van der Waals surface area contributed by atoms with Crippen LogP contribution in [0.15, 0.2) is 12.1 Å². The molecular weight excluding hydrogens is 346 g/mol. The Bertz CT molecular complexity index is 723. The number of benzene rings is 1. The molecule has 0 unspecified atom stereocenters. The quantitative estimate of drug-likeness (QED) is 0.338. The molecular formula is C12H23N3O6S2. The molecule has 0 amide bonds. The SMILES string of the molecule is CCc1c(N(CC)NS(C)(=O)=O)ccc(N)c1C.O=S(=O)(O)O. The van der Waals surface area contributed by atoms with E-state index in [1.54, 1.807) is 11.1 Å². The summed E-state index contributed by atoms with van der Waals surface area (Å²) in [4.78, 5) is 2.51. The number of nitrogens with zero attached hydrogens (tertiary/aromatic N) is 1. The zero-order chi connectivity index (χ0) is 18.4. The standard InChI is InChI=1S/C12H21N3O2S.H2O4S/c1-5-10-9(3)11(13)7-8-12(10)15(6-2)14-18(4,16)17;1-5(2,3)4/h7-8,14H,5-6,13H2,1-4H3;(H2,1,2,3,4). The van der Waals surface area contributed by atoms with Crippen LogP contribution >= 0.6 is 0 Å². The van der Waals surface area contributed by atoms with Gasteiger partial charge in [-0.05, 0) is 43.5 Å².